The van der Waals surface area contributed by atoms with Crippen LogP contribution in [0.3, 0.4) is 0 Å². The van der Waals surface area contributed by atoms with Crippen molar-refractivity contribution in [1.29, 1.82) is 0 Å². The van der Waals surface area contributed by atoms with E-state index in [-0.39, 0.29) is 6.29 Å². The molecule has 1 atom stereocenters. The van der Waals surface area contributed by atoms with E-state index >= 15 is 0 Å². The highest BCUT2D eigenvalue weighted by Gasteiger charge is 2.33. The van der Waals surface area contributed by atoms with Crippen LogP contribution in [0.4, 0.5) is 0 Å². The monoisotopic (exact) mass is 256 g/mol. The van der Waals surface area contributed by atoms with Crippen LogP contribution in [0.15, 0.2) is 0 Å². The SMILES string of the molecule is COC(CC(CN)N(CC1CC1)CC1CC1)OC. The minimum Gasteiger partial charge on any atom is -0.356 e. The second-order valence-electron chi connectivity index (χ2n) is 5.87. The van der Waals surface area contributed by atoms with Gasteiger partial charge in [0.05, 0.1) is 0 Å². The molecule has 4 heteroatoms. The molecule has 0 spiro atoms. The predicted octanol–water partition coefficient (Wildman–Crippen LogP) is 1.44. The van der Waals surface area contributed by atoms with Gasteiger partial charge in [-0.2, -0.15) is 0 Å². The molecule has 2 aliphatic rings. The van der Waals surface area contributed by atoms with Gasteiger partial charge in [-0.1, -0.05) is 0 Å². The van der Waals surface area contributed by atoms with E-state index in [0.29, 0.717) is 12.6 Å². The van der Waals surface area contributed by atoms with Gasteiger partial charge in [-0.25, -0.2) is 0 Å². The summed E-state index contributed by atoms with van der Waals surface area (Å²) in [5, 5.41) is 0. The minimum atomic E-state index is -0.126. The molecule has 0 saturated heterocycles. The summed E-state index contributed by atoms with van der Waals surface area (Å²) in [6.07, 6.45) is 6.35. The summed E-state index contributed by atoms with van der Waals surface area (Å²) in [5.74, 6) is 1.84. The summed E-state index contributed by atoms with van der Waals surface area (Å²) >= 11 is 0. The van der Waals surface area contributed by atoms with Crippen LogP contribution in [0.25, 0.3) is 0 Å². The van der Waals surface area contributed by atoms with Gasteiger partial charge in [0, 0.05) is 46.3 Å². The highest BCUT2D eigenvalue weighted by molar-refractivity contribution is 4.86. The standard InChI is InChI=1S/C14H28N2O2/c1-17-14(18-2)7-13(8-15)16(9-11-3-4-11)10-12-5-6-12/h11-14H,3-10,15H2,1-2H3. The molecular formula is C14H28N2O2. The van der Waals surface area contributed by atoms with E-state index in [0.717, 1.165) is 18.3 Å². The van der Waals surface area contributed by atoms with Crippen LogP contribution in [-0.4, -0.2) is 51.1 Å². The van der Waals surface area contributed by atoms with Gasteiger partial charge in [0.1, 0.15) is 0 Å². The molecule has 18 heavy (non-hydrogen) atoms. The van der Waals surface area contributed by atoms with Crippen molar-refractivity contribution in [3.05, 3.63) is 0 Å². The van der Waals surface area contributed by atoms with E-state index in [1.165, 1.54) is 38.8 Å². The van der Waals surface area contributed by atoms with Crippen molar-refractivity contribution in [3.8, 4) is 0 Å². The Morgan fingerprint density at radius 2 is 1.56 bits per heavy atom. The Morgan fingerprint density at radius 3 is 1.89 bits per heavy atom. The third kappa shape index (κ3) is 4.50. The smallest absolute Gasteiger partial charge is 0.158 e. The lowest BCUT2D eigenvalue weighted by Gasteiger charge is -2.33. The van der Waals surface area contributed by atoms with Crippen molar-refractivity contribution >= 4 is 0 Å². The topological polar surface area (TPSA) is 47.7 Å². The van der Waals surface area contributed by atoms with Crippen LogP contribution < -0.4 is 5.73 Å². The summed E-state index contributed by atoms with van der Waals surface area (Å²) < 4.78 is 10.6. The van der Waals surface area contributed by atoms with Crippen LogP contribution >= 0.6 is 0 Å². The number of rotatable bonds is 10. The fraction of sp³-hybridized carbons (Fsp3) is 1.00. The van der Waals surface area contributed by atoms with Gasteiger partial charge in [-0.05, 0) is 37.5 Å². The van der Waals surface area contributed by atoms with E-state index in [9.17, 15) is 0 Å². The van der Waals surface area contributed by atoms with E-state index < -0.39 is 0 Å². The lowest BCUT2D eigenvalue weighted by molar-refractivity contribution is -0.117. The van der Waals surface area contributed by atoms with E-state index in [4.69, 9.17) is 15.2 Å². The number of hydrogen-bond donors (Lipinski definition) is 1. The molecule has 0 aliphatic heterocycles. The first-order valence-electron chi connectivity index (χ1n) is 7.26. The molecule has 106 valence electrons. The Kier molecular flexibility index (Phi) is 5.42. The molecule has 2 N–H and O–H groups in total. The van der Waals surface area contributed by atoms with Crippen molar-refractivity contribution in [3.63, 3.8) is 0 Å². The van der Waals surface area contributed by atoms with Crippen LogP contribution in [0.1, 0.15) is 32.1 Å². The predicted molar refractivity (Wildman–Crippen MR) is 72.3 cm³/mol. The third-order valence-corrected chi connectivity index (χ3v) is 4.16. The fourth-order valence-electron chi connectivity index (χ4n) is 2.54. The zero-order chi connectivity index (χ0) is 13.0. The molecule has 4 nitrogen and oxygen atoms in total. The summed E-state index contributed by atoms with van der Waals surface area (Å²) in [7, 11) is 3.40. The van der Waals surface area contributed by atoms with Gasteiger partial charge in [-0.3, -0.25) is 4.90 Å². The zero-order valence-corrected chi connectivity index (χ0v) is 11.8. The number of methoxy groups -OCH3 is 2. The molecule has 1 unspecified atom stereocenters. The molecule has 0 heterocycles. The highest BCUT2D eigenvalue weighted by Crippen LogP contribution is 2.34. The molecule has 0 aromatic heterocycles. The van der Waals surface area contributed by atoms with Gasteiger partial charge in [0.2, 0.25) is 0 Å². The molecule has 2 rings (SSSR count). The van der Waals surface area contributed by atoms with Crippen molar-refractivity contribution in [2.45, 2.75) is 44.4 Å². The summed E-state index contributed by atoms with van der Waals surface area (Å²) in [4.78, 5) is 2.60. The second-order valence-corrected chi connectivity index (χ2v) is 5.87. The lowest BCUT2D eigenvalue weighted by atomic mass is 10.1. The maximum atomic E-state index is 5.97. The van der Waals surface area contributed by atoms with Gasteiger partial charge in [0.15, 0.2) is 6.29 Å². The van der Waals surface area contributed by atoms with Crippen LogP contribution in [-0.2, 0) is 9.47 Å². The molecule has 0 aromatic carbocycles. The minimum absolute atomic E-state index is 0.126. The first-order chi connectivity index (χ1) is 8.76. The molecule has 0 aromatic rings. The lowest BCUT2D eigenvalue weighted by Crippen LogP contribution is -2.45. The normalized spacial score (nSPS) is 21.8. The Morgan fingerprint density at radius 1 is 1.06 bits per heavy atom. The molecule has 2 saturated carbocycles. The van der Waals surface area contributed by atoms with Crippen LogP contribution in [0.2, 0.25) is 0 Å². The summed E-state index contributed by atoms with van der Waals surface area (Å²) in [6.45, 7) is 3.14. The average Bonchev–Trinajstić information content (AvgIpc) is 3.25. The van der Waals surface area contributed by atoms with Crippen LogP contribution in [0, 0.1) is 11.8 Å². The van der Waals surface area contributed by atoms with E-state index in [1.807, 2.05) is 0 Å². The maximum Gasteiger partial charge on any atom is 0.158 e. The van der Waals surface area contributed by atoms with Crippen LogP contribution in [0.5, 0.6) is 0 Å². The largest absolute Gasteiger partial charge is 0.356 e. The fourth-order valence-corrected chi connectivity index (χ4v) is 2.54. The first-order valence-corrected chi connectivity index (χ1v) is 7.26. The van der Waals surface area contributed by atoms with Gasteiger partial charge in [0.25, 0.3) is 0 Å². The van der Waals surface area contributed by atoms with Gasteiger partial charge < -0.3 is 15.2 Å². The maximum absolute atomic E-state index is 5.97. The number of nitrogens with two attached hydrogens (primary N) is 1. The number of ether oxygens (including phenoxy) is 2. The average molecular weight is 256 g/mol. The molecule has 2 fully saturated rings. The highest BCUT2D eigenvalue weighted by atomic mass is 16.7. The Bertz CT molecular complexity index is 224. The first kappa shape index (κ1) is 14.3. The number of nitrogens with zero attached hydrogens (tertiary/aromatic N) is 1. The van der Waals surface area contributed by atoms with Gasteiger partial charge in [-0.15, -0.1) is 0 Å². The van der Waals surface area contributed by atoms with Crippen molar-refractivity contribution in [2.75, 3.05) is 33.9 Å². The molecule has 0 amide bonds. The quantitative estimate of drug-likeness (QED) is 0.601. The second kappa shape index (κ2) is 6.85. The van der Waals surface area contributed by atoms with Gasteiger partial charge >= 0.3 is 0 Å². The van der Waals surface area contributed by atoms with E-state index in [1.54, 1.807) is 14.2 Å². The molecule has 0 radical (unpaired) electrons. The van der Waals surface area contributed by atoms with Crippen molar-refractivity contribution in [2.24, 2.45) is 17.6 Å². The Hall–Kier alpha value is -0.160. The summed E-state index contributed by atoms with van der Waals surface area (Å²) in [6, 6.07) is 0.399. The molecule has 0 bridgehead atoms. The Balaban J connectivity index is 1.85. The van der Waals surface area contributed by atoms with Crippen molar-refractivity contribution < 1.29 is 9.47 Å². The molecule has 2 aliphatic carbocycles. The third-order valence-electron chi connectivity index (χ3n) is 4.16. The summed E-state index contributed by atoms with van der Waals surface area (Å²) in [5.41, 5.74) is 5.97. The number of hydrogen-bond acceptors (Lipinski definition) is 4. The molecular weight excluding hydrogens is 228 g/mol. The van der Waals surface area contributed by atoms with Crippen molar-refractivity contribution in [1.82, 2.24) is 4.90 Å². The Labute approximate surface area is 111 Å². The zero-order valence-electron chi connectivity index (χ0n) is 11.8. The van der Waals surface area contributed by atoms with E-state index in [2.05, 4.69) is 4.90 Å².